The van der Waals surface area contributed by atoms with Crippen LogP contribution in [-0.4, -0.2) is 33.6 Å². The summed E-state index contributed by atoms with van der Waals surface area (Å²) in [4.78, 5) is 0. The Kier molecular flexibility index (Phi) is 9.40. The minimum atomic E-state index is -2.91. The minimum Gasteiger partial charge on any atom is -0.369 e. The summed E-state index contributed by atoms with van der Waals surface area (Å²) in [5, 5.41) is -0.289. The molecule has 0 aliphatic carbocycles. The molecule has 0 aromatic heterocycles. The van der Waals surface area contributed by atoms with Crippen LogP contribution in [0.2, 0.25) is 0 Å². The molecule has 5 heteroatoms. The molecule has 1 atom stereocenters. The van der Waals surface area contributed by atoms with Crippen LogP contribution < -0.4 is 0 Å². The van der Waals surface area contributed by atoms with Crippen molar-refractivity contribution in [3.05, 3.63) is 38.0 Å². The molecule has 0 aromatic carbocycles. The molecule has 0 spiro atoms. The maximum absolute atomic E-state index is 6.28. The molecular weight excluding hydrogens is 256 g/mol. The highest BCUT2D eigenvalue weighted by Gasteiger charge is 2.48. The van der Waals surface area contributed by atoms with Crippen molar-refractivity contribution in [1.82, 2.24) is 0 Å². The number of hydrogen-bond donors (Lipinski definition) is 0. The van der Waals surface area contributed by atoms with E-state index in [9.17, 15) is 0 Å². The van der Waals surface area contributed by atoms with E-state index in [1.54, 1.807) is 18.2 Å². The Labute approximate surface area is 110 Å². The van der Waals surface area contributed by atoms with Crippen molar-refractivity contribution >= 4 is 20.4 Å². The molecule has 0 aromatic rings. The average Bonchev–Trinajstić information content (AvgIpc) is 2.37. The summed E-state index contributed by atoms with van der Waals surface area (Å²) < 4.78 is 17.1. The third kappa shape index (κ3) is 5.65. The van der Waals surface area contributed by atoms with Gasteiger partial charge < -0.3 is 13.3 Å². The van der Waals surface area contributed by atoms with Crippen molar-refractivity contribution in [2.45, 2.75) is 18.3 Å². The Bertz CT molecular complexity index is 215. The van der Waals surface area contributed by atoms with Gasteiger partial charge in [-0.1, -0.05) is 25.2 Å². The fraction of sp³-hybridized carbons (Fsp3) is 0.500. The highest BCUT2D eigenvalue weighted by atomic mass is 35.5. The van der Waals surface area contributed by atoms with Crippen LogP contribution in [0.15, 0.2) is 38.0 Å². The van der Waals surface area contributed by atoms with E-state index < -0.39 is 8.80 Å². The lowest BCUT2D eigenvalue weighted by atomic mass is 10.6. The smallest absolute Gasteiger partial charge is 0.369 e. The fourth-order valence-corrected chi connectivity index (χ4v) is 4.08. The third-order valence-corrected chi connectivity index (χ3v) is 5.94. The summed E-state index contributed by atoms with van der Waals surface area (Å²) >= 11 is 6.28. The summed E-state index contributed by atoms with van der Waals surface area (Å²) in [7, 11) is -2.91. The summed E-state index contributed by atoms with van der Waals surface area (Å²) in [6.45, 7) is 13.9. The average molecular weight is 277 g/mol. The Morgan fingerprint density at radius 2 is 1.35 bits per heavy atom. The maximum Gasteiger partial charge on any atom is 0.520 e. The van der Waals surface area contributed by atoms with Gasteiger partial charge in [-0.2, -0.15) is 0 Å². The van der Waals surface area contributed by atoms with Gasteiger partial charge in [0.15, 0.2) is 0 Å². The monoisotopic (exact) mass is 276 g/mol. The van der Waals surface area contributed by atoms with Gasteiger partial charge in [-0.25, -0.2) is 0 Å². The predicted octanol–water partition coefficient (Wildman–Crippen LogP) is 3.09. The van der Waals surface area contributed by atoms with Crippen LogP contribution in [0.5, 0.6) is 0 Å². The second-order valence-corrected chi connectivity index (χ2v) is 6.94. The van der Waals surface area contributed by atoms with Crippen LogP contribution in [0.1, 0.15) is 13.3 Å². The topological polar surface area (TPSA) is 27.7 Å². The Morgan fingerprint density at radius 3 is 1.59 bits per heavy atom. The molecule has 98 valence electrons. The first-order valence-electron chi connectivity index (χ1n) is 5.55. The molecule has 0 rings (SSSR count). The van der Waals surface area contributed by atoms with Crippen molar-refractivity contribution in [2.24, 2.45) is 0 Å². The molecule has 0 amide bonds. The standard InChI is InChI=1S/C12H21ClO3Si/c1-5-9-14-17(12(13)8-4,15-10-6-2)16-11-7-3/h5-7,12H,1-3,8-11H2,4H3. The fourth-order valence-electron chi connectivity index (χ4n) is 1.17. The zero-order valence-corrected chi connectivity index (χ0v) is 12.1. The Morgan fingerprint density at radius 1 is 1.00 bits per heavy atom. The minimum absolute atomic E-state index is 0.289. The molecule has 0 heterocycles. The van der Waals surface area contributed by atoms with Gasteiger partial charge in [0, 0.05) is 0 Å². The number of rotatable bonds is 11. The summed E-state index contributed by atoms with van der Waals surface area (Å²) in [6.07, 6.45) is 5.65. The van der Waals surface area contributed by atoms with Crippen LogP contribution in [-0.2, 0) is 13.3 Å². The SMILES string of the molecule is C=CCO[Si](OCC=C)(OCC=C)C(Cl)CC. The number of hydrogen-bond acceptors (Lipinski definition) is 3. The molecule has 0 aliphatic rings. The van der Waals surface area contributed by atoms with Crippen molar-refractivity contribution in [3.63, 3.8) is 0 Å². The Hall–Kier alpha value is -0.393. The van der Waals surface area contributed by atoms with Crippen molar-refractivity contribution in [3.8, 4) is 0 Å². The lowest BCUT2D eigenvalue weighted by Crippen LogP contribution is -2.54. The molecule has 0 N–H and O–H groups in total. The zero-order chi connectivity index (χ0) is 13.1. The second-order valence-electron chi connectivity index (χ2n) is 3.28. The predicted molar refractivity (Wildman–Crippen MR) is 74.1 cm³/mol. The van der Waals surface area contributed by atoms with E-state index in [2.05, 4.69) is 19.7 Å². The molecular formula is C12H21ClO3Si. The van der Waals surface area contributed by atoms with E-state index in [0.29, 0.717) is 26.2 Å². The van der Waals surface area contributed by atoms with Gasteiger partial charge in [0.1, 0.15) is 5.00 Å². The van der Waals surface area contributed by atoms with Crippen LogP contribution in [0, 0.1) is 0 Å². The van der Waals surface area contributed by atoms with Gasteiger partial charge >= 0.3 is 8.80 Å². The van der Waals surface area contributed by atoms with Crippen LogP contribution >= 0.6 is 11.6 Å². The van der Waals surface area contributed by atoms with E-state index in [1.807, 2.05) is 6.92 Å². The maximum atomic E-state index is 6.28. The van der Waals surface area contributed by atoms with Crippen LogP contribution in [0.25, 0.3) is 0 Å². The van der Waals surface area contributed by atoms with E-state index in [-0.39, 0.29) is 5.00 Å². The zero-order valence-electron chi connectivity index (χ0n) is 10.4. The number of halogens is 1. The molecule has 1 unspecified atom stereocenters. The van der Waals surface area contributed by atoms with Gasteiger partial charge in [-0.3, -0.25) is 0 Å². The molecule has 17 heavy (non-hydrogen) atoms. The first kappa shape index (κ1) is 16.6. The molecule has 0 aliphatic heterocycles. The highest BCUT2D eigenvalue weighted by molar-refractivity contribution is 6.71. The normalized spacial score (nSPS) is 13.1. The summed E-state index contributed by atoms with van der Waals surface area (Å²) in [5.74, 6) is 0. The highest BCUT2D eigenvalue weighted by Crippen LogP contribution is 2.22. The van der Waals surface area contributed by atoms with Crippen molar-refractivity contribution in [1.29, 1.82) is 0 Å². The molecule has 0 radical (unpaired) electrons. The quantitative estimate of drug-likeness (QED) is 0.330. The van der Waals surface area contributed by atoms with E-state index >= 15 is 0 Å². The van der Waals surface area contributed by atoms with Crippen molar-refractivity contribution in [2.75, 3.05) is 19.8 Å². The second kappa shape index (κ2) is 9.62. The molecule has 0 fully saturated rings. The number of alkyl halides is 1. The van der Waals surface area contributed by atoms with Crippen LogP contribution in [0.4, 0.5) is 0 Å². The van der Waals surface area contributed by atoms with Gasteiger partial charge in [0.05, 0.1) is 19.8 Å². The lowest BCUT2D eigenvalue weighted by molar-refractivity contribution is 0.0832. The van der Waals surface area contributed by atoms with Gasteiger partial charge in [-0.05, 0) is 6.42 Å². The van der Waals surface area contributed by atoms with Gasteiger partial charge in [0.25, 0.3) is 0 Å². The molecule has 3 nitrogen and oxygen atoms in total. The van der Waals surface area contributed by atoms with Crippen LogP contribution in [0.3, 0.4) is 0 Å². The lowest BCUT2D eigenvalue weighted by Gasteiger charge is -2.31. The van der Waals surface area contributed by atoms with Gasteiger partial charge in [-0.15, -0.1) is 31.3 Å². The van der Waals surface area contributed by atoms with E-state index in [4.69, 9.17) is 24.9 Å². The third-order valence-electron chi connectivity index (χ3n) is 1.95. The van der Waals surface area contributed by atoms with Crippen molar-refractivity contribution < 1.29 is 13.3 Å². The first-order chi connectivity index (χ1) is 8.16. The molecule has 0 saturated carbocycles. The van der Waals surface area contributed by atoms with Gasteiger partial charge in [0.2, 0.25) is 0 Å². The summed E-state index contributed by atoms with van der Waals surface area (Å²) in [5.41, 5.74) is 0. The molecule has 0 saturated heterocycles. The van der Waals surface area contributed by atoms with E-state index in [0.717, 1.165) is 0 Å². The van der Waals surface area contributed by atoms with E-state index in [1.165, 1.54) is 0 Å². The first-order valence-corrected chi connectivity index (χ1v) is 7.79. The summed E-state index contributed by atoms with van der Waals surface area (Å²) in [6, 6.07) is 0. The largest absolute Gasteiger partial charge is 0.520 e. The Balaban J connectivity index is 4.80. The molecule has 0 bridgehead atoms.